The number of hydrogen-bond donors (Lipinski definition) is 2. The molecule has 0 aliphatic carbocycles. The highest BCUT2D eigenvalue weighted by atomic mass is 35.5. The molecule has 0 bridgehead atoms. The quantitative estimate of drug-likeness (QED) is 0.360. The van der Waals surface area contributed by atoms with E-state index in [2.05, 4.69) is 10.3 Å². The molecular formula is C29H36ClF6N3O3. The second-order valence-electron chi connectivity index (χ2n) is 11.2. The van der Waals surface area contributed by atoms with E-state index in [0.717, 1.165) is 25.9 Å². The van der Waals surface area contributed by atoms with Crippen LogP contribution in [-0.4, -0.2) is 59.8 Å². The first-order chi connectivity index (χ1) is 19.1. The Morgan fingerprint density at radius 3 is 2.02 bits per heavy atom. The summed E-state index contributed by atoms with van der Waals surface area (Å²) in [6, 6.07) is 9.81. The lowest BCUT2D eigenvalue weighted by Gasteiger charge is -2.49. The number of nitrogens with one attached hydrogen (secondary N) is 1. The Bertz CT molecular complexity index is 1180. The van der Waals surface area contributed by atoms with Crippen molar-refractivity contribution in [2.75, 3.05) is 32.8 Å². The maximum Gasteiger partial charge on any atom is 0.416 e. The Kier molecular flexibility index (Phi) is 10.6. The lowest BCUT2D eigenvalue weighted by Crippen LogP contribution is -2.58. The zero-order chi connectivity index (χ0) is 30.1. The fraction of sp³-hybridized carbons (Fsp3) is 0.552. The van der Waals surface area contributed by atoms with E-state index in [0.29, 0.717) is 24.2 Å². The number of ether oxygens (including phenoxy) is 1. The smallest absolute Gasteiger partial charge is 0.393 e. The molecule has 0 aromatic heterocycles. The van der Waals surface area contributed by atoms with Gasteiger partial charge in [0.15, 0.2) is 0 Å². The van der Waals surface area contributed by atoms with Gasteiger partial charge in [-0.3, -0.25) is 15.1 Å². The summed E-state index contributed by atoms with van der Waals surface area (Å²) in [6.07, 6.45) is -7.49. The number of rotatable bonds is 8. The third-order valence-corrected chi connectivity index (χ3v) is 7.97. The molecule has 0 radical (unpaired) electrons. The molecule has 13 heteroatoms. The van der Waals surface area contributed by atoms with E-state index in [1.54, 1.807) is 35.3 Å². The molecule has 2 aromatic carbocycles. The number of amides is 1. The summed E-state index contributed by atoms with van der Waals surface area (Å²) >= 11 is 0. The van der Waals surface area contributed by atoms with E-state index in [1.165, 1.54) is 6.92 Å². The summed E-state index contributed by atoms with van der Waals surface area (Å²) in [6.45, 7) is 4.58. The van der Waals surface area contributed by atoms with Crippen LogP contribution in [0.2, 0.25) is 0 Å². The number of benzene rings is 2. The number of piperidine rings is 1. The van der Waals surface area contributed by atoms with Gasteiger partial charge in [0.2, 0.25) is 5.91 Å². The Balaban J connectivity index is 0.00000484. The van der Waals surface area contributed by atoms with Gasteiger partial charge >= 0.3 is 12.4 Å². The Hall–Kier alpha value is -2.38. The van der Waals surface area contributed by atoms with Gasteiger partial charge in [-0.05, 0) is 81.9 Å². The van der Waals surface area contributed by atoms with Crippen molar-refractivity contribution in [3.05, 3.63) is 70.8 Å². The first kappa shape index (κ1) is 34.1. The zero-order valence-corrected chi connectivity index (χ0v) is 24.2. The summed E-state index contributed by atoms with van der Waals surface area (Å²) in [7, 11) is 0. The van der Waals surface area contributed by atoms with E-state index in [-0.39, 0.29) is 49.8 Å². The number of aliphatic hydroxyl groups excluding tert-OH is 1. The predicted molar refractivity (Wildman–Crippen MR) is 147 cm³/mol. The minimum absolute atomic E-state index is 0. The van der Waals surface area contributed by atoms with Gasteiger partial charge in [-0.25, -0.2) is 5.01 Å². The SMILES string of the molecule is CC1CC(OC(C)(CO)c2cc(C(F)(F)F)cc(C(F)(F)F)c2)(c2ccccc2)CCN1NC(=O)CN1CCCC1.Cl. The van der Waals surface area contributed by atoms with Gasteiger partial charge < -0.3 is 9.84 Å². The van der Waals surface area contributed by atoms with Crippen molar-refractivity contribution in [3.8, 4) is 0 Å². The molecule has 4 rings (SSSR count). The number of halogens is 7. The number of hydrazine groups is 1. The van der Waals surface area contributed by atoms with Crippen LogP contribution in [0.3, 0.4) is 0 Å². The van der Waals surface area contributed by atoms with Crippen LogP contribution >= 0.6 is 12.4 Å². The van der Waals surface area contributed by atoms with Crippen molar-refractivity contribution in [3.63, 3.8) is 0 Å². The highest BCUT2D eigenvalue weighted by Crippen LogP contribution is 2.46. The first-order valence-corrected chi connectivity index (χ1v) is 13.6. The van der Waals surface area contributed by atoms with Crippen LogP contribution in [0.5, 0.6) is 0 Å². The number of carbonyl (C=O) groups excluding carboxylic acids is 1. The van der Waals surface area contributed by atoms with Crippen molar-refractivity contribution in [2.45, 2.75) is 69.1 Å². The molecule has 2 aliphatic rings. The van der Waals surface area contributed by atoms with Crippen molar-refractivity contribution in [2.24, 2.45) is 0 Å². The van der Waals surface area contributed by atoms with Crippen LogP contribution in [-0.2, 0) is 33.1 Å². The zero-order valence-electron chi connectivity index (χ0n) is 23.4. The molecule has 1 amide bonds. The minimum Gasteiger partial charge on any atom is -0.393 e. The topological polar surface area (TPSA) is 65.0 Å². The van der Waals surface area contributed by atoms with E-state index in [1.807, 2.05) is 6.92 Å². The third kappa shape index (κ3) is 7.76. The normalized spacial score (nSPS) is 23.7. The van der Waals surface area contributed by atoms with Gasteiger partial charge in [-0.2, -0.15) is 26.3 Å². The number of alkyl halides is 6. The molecule has 42 heavy (non-hydrogen) atoms. The summed E-state index contributed by atoms with van der Waals surface area (Å²) in [5, 5.41) is 12.2. The van der Waals surface area contributed by atoms with E-state index in [4.69, 9.17) is 4.74 Å². The van der Waals surface area contributed by atoms with E-state index in [9.17, 15) is 36.2 Å². The maximum absolute atomic E-state index is 13.6. The fourth-order valence-corrected chi connectivity index (χ4v) is 5.75. The Labute approximate surface area is 247 Å². The number of hydrogen-bond acceptors (Lipinski definition) is 5. The van der Waals surface area contributed by atoms with Gasteiger partial charge in [0.25, 0.3) is 0 Å². The lowest BCUT2D eigenvalue weighted by molar-refractivity contribution is -0.206. The standard InChI is InChI=1S/C29H35F6N3O3.ClH/c1-20-17-27(21-8-4-3-5-9-21,10-13-38(20)36-25(40)18-37-11-6-7-12-37)41-26(2,19-39)22-14-23(28(30,31)32)16-24(15-22)29(33,34)35;/h3-5,8-9,14-16,20,39H,6-7,10-13,17-19H2,1-2H3,(H,36,40);1H. The molecule has 3 unspecified atom stereocenters. The molecule has 2 N–H and O–H groups in total. The van der Waals surface area contributed by atoms with Crippen molar-refractivity contribution < 1.29 is 41.0 Å². The molecule has 2 saturated heterocycles. The molecule has 2 heterocycles. The van der Waals surface area contributed by atoms with Crippen LogP contribution in [0.15, 0.2) is 48.5 Å². The monoisotopic (exact) mass is 623 g/mol. The summed E-state index contributed by atoms with van der Waals surface area (Å²) in [5.74, 6) is -0.157. The molecule has 2 fully saturated rings. The van der Waals surface area contributed by atoms with Gasteiger partial charge in [0.1, 0.15) is 5.60 Å². The van der Waals surface area contributed by atoms with Gasteiger partial charge in [-0.1, -0.05) is 30.3 Å². The number of carbonyl (C=O) groups is 1. The number of likely N-dealkylation sites (tertiary alicyclic amines) is 1. The average molecular weight is 624 g/mol. The third-order valence-electron chi connectivity index (χ3n) is 7.97. The molecule has 2 aliphatic heterocycles. The summed E-state index contributed by atoms with van der Waals surface area (Å²) in [5.41, 5.74) is -2.90. The van der Waals surface area contributed by atoms with Gasteiger partial charge in [0, 0.05) is 12.6 Å². The number of nitrogens with zero attached hydrogens (tertiary/aromatic N) is 2. The highest BCUT2D eigenvalue weighted by Gasteiger charge is 2.47. The van der Waals surface area contributed by atoms with Crippen LogP contribution in [0, 0.1) is 0 Å². The molecule has 234 valence electrons. The molecule has 6 nitrogen and oxygen atoms in total. The minimum atomic E-state index is -5.05. The first-order valence-electron chi connectivity index (χ1n) is 13.6. The second kappa shape index (κ2) is 13.1. The van der Waals surface area contributed by atoms with E-state index < -0.39 is 46.9 Å². The molecule has 0 spiro atoms. The van der Waals surface area contributed by atoms with Crippen LogP contribution in [0.1, 0.15) is 61.8 Å². The summed E-state index contributed by atoms with van der Waals surface area (Å²) < 4.78 is 88.4. The number of aliphatic hydroxyl groups is 1. The average Bonchev–Trinajstić information content (AvgIpc) is 3.42. The largest absolute Gasteiger partial charge is 0.416 e. The van der Waals surface area contributed by atoms with Crippen LogP contribution < -0.4 is 5.43 Å². The van der Waals surface area contributed by atoms with Crippen LogP contribution in [0.25, 0.3) is 0 Å². The fourth-order valence-electron chi connectivity index (χ4n) is 5.75. The van der Waals surface area contributed by atoms with Crippen molar-refractivity contribution >= 4 is 18.3 Å². The van der Waals surface area contributed by atoms with Crippen LogP contribution in [0.4, 0.5) is 26.3 Å². The van der Waals surface area contributed by atoms with Crippen molar-refractivity contribution in [1.82, 2.24) is 15.3 Å². The van der Waals surface area contributed by atoms with Crippen molar-refractivity contribution in [1.29, 1.82) is 0 Å². The van der Waals surface area contributed by atoms with Gasteiger partial charge in [0.05, 0.1) is 29.9 Å². The Morgan fingerprint density at radius 1 is 0.976 bits per heavy atom. The summed E-state index contributed by atoms with van der Waals surface area (Å²) in [4.78, 5) is 14.8. The molecular weight excluding hydrogens is 588 g/mol. The molecule has 0 saturated carbocycles. The molecule has 3 atom stereocenters. The highest BCUT2D eigenvalue weighted by molar-refractivity contribution is 5.85. The Morgan fingerprint density at radius 2 is 1.52 bits per heavy atom. The lowest BCUT2D eigenvalue weighted by atomic mass is 9.80. The van der Waals surface area contributed by atoms with E-state index >= 15 is 0 Å². The second-order valence-corrected chi connectivity index (χ2v) is 11.2. The maximum atomic E-state index is 13.6. The van der Waals surface area contributed by atoms with Gasteiger partial charge in [-0.15, -0.1) is 12.4 Å². The predicted octanol–water partition coefficient (Wildman–Crippen LogP) is 5.88. The molecule has 2 aromatic rings.